The second-order valence-electron chi connectivity index (χ2n) is 5.08. The van der Waals surface area contributed by atoms with Gasteiger partial charge in [0.15, 0.2) is 0 Å². The predicted molar refractivity (Wildman–Crippen MR) is 95.0 cm³/mol. The van der Waals surface area contributed by atoms with Crippen LogP contribution in [-0.4, -0.2) is 19.2 Å². The van der Waals surface area contributed by atoms with Gasteiger partial charge in [-0.3, -0.25) is 4.79 Å². The van der Waals surface area contributed by atoms with Crippen LogP contribution < -0.4 is 10.1 Å². The number of carbonyl (C=O) groups excluding carboxylic acids is 1. The molecular weight excluding hydrogens is 308 g/mol. The molecule has 116 valence electrons. The van der Waals surface area contributed by atoms with E-state index in [2.05, 4.69) is 17.4 Å². The number of carbonyl (C=O) groups is 1. The molecule has 4 nitrogen and oxygen atoms in total. The fraction of sp³-hybridized carbons (Fsp3) is 0.111. The molecule has 1 amide bonds. The number of methoxy groups -OCH3 is 1. The van der Waals surface area contributed by atoms with Crippen LogP contribution in [-0.2, 0) is 11.2 Å². The van der Waals surface area contributed by atoms with Crippen molar-refractivity contribution in [1.29, 1.82) is 5.41 Å². The monoisotopic (exact) mass is 324 g/mol. The maximum absolute atomic E-state index is 12.2. The third kappa shape index (κ3) is 3.40. The van der Waals surface area contributed by atoms with Crippen molar-refractivity contribution >= 4 is 39.2 Å². The lowest BCUT2D eigenvalue weighted by Gasteiger charge is -2.08. The molecule has 2 aromatic carbocycles. The molecule has 0 saturated carbocycles. The van der Waals surface area contributed by atoms with E-state index in [0.717, 1.165) is 10.3 Å². The molecule has 0 aliphatic heterocycles. The Balaban J connectivity index is 1.72. The van der Waals surface area contributed by atoms with E-state index in [-0.39, 0.29) is 5.91 Å². The van der Waals surface area contributed by atoms with E-state index in [0.29, 0.717) is 23.4 Å². The van der Waals surface area contributed by atoms with Crippen LogP contribution in [0.3, 0.4) is 0 Å². The summed E-state index contributed by atoms with van der Waals surface area (Å²) in [6, 6.07) is 15.4. The Bertz CT molecular complexity index is 837. The highest BCUT2D eigenvalue weighted by Gasteiger charge is 2.09. The quantitative estimate of drug-likeness (QED) is 0.694. The number of rotatable bonds is 5. The molecule has 1 aromatic heterocycles. The number of hydrogen-bond acceptors (Lipinski definition) is 4. The van der Waals surface area contributed by atoms with Crippen molar-refractivity contribution in [3.8, 4) is 5.75 Å². The van der Waals surface area contributed by atoms with Gasteiger partial charge in [-0.25, -0.2) is 0 Å². The number of ether oxygens (including phenoxy) is 1. The fourth-order valence-corrected chi connectivity index (χ4v) is 3.46. The first-order chi connectivity index (χ1) is 11.2. The molecule has 1 heterocycles. The topological polar surface area (TPSA) is 62.2 Å². The third-order valence-electron chi connectivity index (χ3n) is 3.48. The van der Waals surface area contributed by atoms with Gasteiger partial charge in [-0.15, -0.1) is 11.3 Å². The van der Waals surface area contributed by atoms with Crippen molar-refractivity contribution in [2.75, 3.05) is 12.4 Å². The van der Waals surface area contributed by atoms with Gasteiger partial charge in [0.1, 0.15) is 5.75 Å². The molecule has 0 aliphatic carbocycles. The smallest absolute Gasteiger partial charge is 0.229 e. The van der Waals surface area contributed by atoms with Gasteiger partial charge in [-0.2, -0.15) is 0 Å². The van der Waals surface area contributed by atoms with Crippen molar-refractivity contribution in [2.45, 2.75) is 6.42 Å². The normalized spacial score (nSPS) is 10.5. The Morgan fingerprint density at radius 2 is 2.09 bits per heavy atom. The van der Waals surface area contributed by atoms with Gasteiger partial charge in [0.05, 0.1) is 13.5 Å². The van der Waals surface area contributed by atoms with E-state index in [9.17, 15) is 4.79 Å². The molecule has 0 saturated heterocycles. The minimum absolute atomic E-state index is 0.0683. The van der Waals surface area contributed by atoms with Crippen LogP contribution >= 0.6 is 11.3 Å². The second kappa shape index (κ2) is 6.62. The summed E-state index contributed by atoms with van der Waals surface area (Å²) in [5.74, 6) is 0.501. The zero-order chi connectivity index (χ0) is 16.2. The first kappa shape index (κ1) is 15.2. The lowest BCUT2D eigenvalue weighted by atomic mass is 10.2. The lowest BCUT2D eigenvalue weighted by molar-refractivity contribution is -0.115. The number of amides is 1. The Labute approximate surface area is 138 Å². The summed E-state index contributed by atoms with van der Waals surface area (Å²) in [5, 5.41) is 11.3. The number of fused-ring (bicyclic) bond motifs is 1. The largest absolute Gasteiger partial charge is 0.496 e. The summed E-state index contributed by atoms with van der Waals surface area (Å²) in [7, 11) is 1.55. The van der Waals surface area contributed by atoms with Gasteiger partial charge in [0.2, 0.25) is 5.91 Å². The second-order valence-corrected chi connectivity index (χ2v) is 6.24. The fourth-order valence-electron chi connectivity index (χ4n) is 2.40. The van der Waals surface area contributed by atoms with Crippen LogP contribution in [0.5, 0.6) is 5.75 Å². The van der Waals surface area contributed by atoms with Gasteiger partial charge in [0, 0.05) is 33.1 Å². The van der Waals surface area contributed by atoms with Crippen LogP contribution in [0.2, 0.25) is 0 Å². The molecule has 5 heteroatoms. The van der Waals surface area contributed by atoms with E-state index in [4.69, 9.17) is 10.1 Å². The van der Waals surface area contributed by atoms with Crippen LogP contribution in [0.25, 0.3) is 10.1 Å². The minimum atomic E-state index is -0.0683. The number of thiophene rings is 1. The van der Waals surface area contributed by atoms with E-state index in [1.165, 1.54) is 10.9 Å². The zero-order valence-electron chi connectivity index (χ0n) is 12.6. The molecule has 0 spiro atoms. The van der Waals surface area contributed by atoms with Crippen molar-refractivity contribution in [1.82, 2.24) is 0 Å². The molecule has 0 atom stereocenters. The molecule has 0 unspecified atom stereocenters. The number of benzene rings is 2. The molecule has 2 N–H and O–H groups in total. The van der Waals surface area contributed by atoms with Crippen molar-refractivity contribution in [3.63, 3.8) is 0 Å². The van der Waals surface area contributed by atoms with Crippen LogP contribution in [0.1, 0.15) is 10.4 Å². The van der Waals surface area contributed by atoms with Gasteiger partial charge in [-0.1, -0.05) is 18.2 Å². The lowest BCUT2D eigenvalue weighted by Crippen LogP contribution is -2.13. The van der Waals surface area contributed by atoms with Crippen LogP contribution in [0.4, 0.5) is 5.69 Å². The maximum Gasteiger partial charge on any atom is 0.229 e. The number of nitrogens with one attached hydrogen (secondary N) is 2. The molecule has 3 aromatic rings. The first-order valence-corrected chi connectivity index (χ1v) is 7.97. The predicted octanol–water partition coefficient (Wildman–Crippen LogP) is 4.09. The molecule has 0 bridgehead atoms. The molecular formula is C18H16N2O2S. The zero-order valence-corrected chi connectivity index (χ0v) is 13.4. The summed E-state index contributed by atoms with van der Waals surface area (Å²) >= 11 is 1.63. The van der Waals surface area contributed by atoms with Gasteiger partial charge in [0.25, 0.3) is 0 Å². The Hall–Kier alpha value is -2.66. The summed E-state index contributed by atoms with van der Waals surface area (Å²) in [4.78, 5) is 13.3. The highest BCUT2D eigenvalue weighted by molar-refractivity contribution is 7.19. The molecule has 0 aliphatic rings. The average Bonchev–Trinajstić information content (AvgIpc) is 2.96. The summed E-state index contributed by atoms with van der Waals surface area (Å²) in [6.45, 7) is 0. The standard InChI is InChI=1S/C18H16N2O2S/c1-22-16-9-14(7-6-13(16)11-19)20-18(21)10-15-8-12-4-2-3-5-17(12)23-15/h2-9,11,19H,10H2,1H3,(H,20,21). The Morgan fingerprint density at radius 3 is 2.83 bits per heavy atom. The van der Waals surface area contributed by atoms with Crippen LogP contribution in [0, 0.1) is 5.41 Å². The van der Waals surface area contributed by atoms with Crippen molar-refractivity contribution in [2.24, 2.45) is 0 Å². The van der Waals surface area contributed by atoms with Crippen LogP contribution in [0.15, 0.2) is 48.5 Å². The van der Waals surface area contributed by atoms with Gasteiger partial charge < -0.3 is 15.5 Å². The molecule has 0 radical (unpaired) electrons. The Morgan fingerprint density at radius 1 is 1.26 bits per heavy atom. The summed E-state index contributed by atoms with van der Waals surface area (Å²) < 4.78 is 6.40. The maximum atomic E-state index is 12.2. The Kier molecular flexibility index (Phi) is 4.39. The number of hydrogen-bond donors (Lipinski definition) is 2. The van der Waals surface area contributed by atoms with E-state index >= 15 is 0 Å². The molecule has 3 rings (SSSR count). The van der Waals surface area contributed by atoms with E-state index < -0.39 is 0 Å². The van der Waals surface area contributed by atoms with E-state index in [1.807, 2.05) is 18.2 Å². The highest BCUT2D eigenvalue weighted by atomic mass is 32.1. The summed E-state index contributed by atoms with van der Waals surface area (Å²) in [6.07, 6.45) is 1.57. The SMILES string of the molecule is COc1cc(NC(=O)Cc2cc3ccccc3s2)ccc1C=N. The summed E-state index contributed by atoms with van der Waals surface area (Å²) in [5.41, 5.74) is 1.34. The molecule has 0 fully saturated rings. The first-order valence-electron chi connectivity index (χ1n) is 7.15. The average molecular weight is 324 g/mol. The molecule has 23 heavy (non-hydrogen) atoms. The van der Waals surface area contributed by atoms with Crippen molar-refractivity contribution < 1.29 is 9.53 Å². The van der Waals surface area contributed by atoms with Gasteiger partial charge in [-0.05, 0) is 29.7 Å². The van der Waals surface area contributed by atoms with Gasteiger partial charge >= 0.3 is 0 Å². The van der Waals surface area contributed by atoms with E-state index in [1.54, 1.807) is 36.6 Å². The van der Waals surface area contributed by atoms with Crippen molar-refractivity contribution in [3.05, 3.63) is 59.0 Å². The number of anilines is 1. The highest BCUT2D eigenvalue weighted by Crippen LogP contribution is 2.26. The third-order valence-corrected chi connectivity index (χ3v) is 4.60. The minimum Gasteiger partial charge on any atom is -0.496 e.